The molecule has 0 aliphatic carbocycles. The average Bonchev–Trinajstić information content (AvgIpc) is 3.04. The zero-order chi connectivity index (χ0) is 35.0. The van der Waals surface area contributed by atoms with E-state index in [2.05, 4.69) is 29.6 Å². The van der Waals surface area contributed by atoms with E-state index < -0.39 is 24.2 Å². The van der Waals surface area contributed by atoms with E-state index in [1.807, 2.05) is 26.0 Å². The lowest BCUT2D eigenvalue weighted by Crippen LogP contribution is -2.13. The third-order valence-corrected chi connectivity index (χ3v) is 7.61. The second-order valence-electron chi connectivity index (χ2n) is 11.8. The highest BCUT2D eigenvalue weighted by atomic mass is 17.5. The third-order valence-electron chi connectivity index (χ3n) is 7.61. The molecular formula is C36H50O12. The minimum atomic E-state index is -1.06. The Morgan fingerprint density at radius 1 is 0.438 bits per heavy atom. The van der Waals surface area contributed by atoms with E-state index in [1.165, 1.54) is 38.5 Å². The van der Waals surface area contributed by atoms with Gasteiger partial charge in [-0.1, -0.05) is 112 Å². The van der Waals surface area contributed by atoms with Crippen molar-refractivity contribution in [3.05, 3.63) is 69.8 Å². The lowest BCUT2D eigenvalue weighted by Gasteiger charge is -2.06. The number of benzene rings is 2. The molecule has 0 aliphatic heterocycles. The number of carbonyl (C=O) groups excluding carboxylic acids is 4. The maximum absolute atomic E-state index is 12.0. The smallest absolute Gasteiger partial charge is 0.432 e. The van der Waals surface area contributed by atoms with Crippen molar-refractivity contribution in [3.8, 4) is 0 Å². The van der Waals surface area contributed by atoms with Crippen molar-refractivity contribution >= 4 is 24.2 Å². The average molecular weight is 675 g/mol. The molecule has 2 aromatic carbocycles. The number of ether oxygens (including phenoxy) is 2. The Kier molecular flexibility index (Phi) is 20.1. The highest BCUT2D eigenvalue weighted by Crippen LogP contribution is 2.15. The highest BCUT2D eigenvalue weighted by molar-refractivity contribution is 5.91. The summed E-state index contributed by atoms with van der Waals surface area (Å²) < 4.78 is 9.83. The Hall–Kier alpha value is -4.16. The molecule has 266 valence electrons. The third kappa shape index (κ3) is 17.7. The quantitative estimate of drug-likeness (QED) is 0.0479. The number of rotatable bonds is 23. The minimum Gasteiger partial charge on any atom is -0.432 e. The Balaban J connectivity index is 1.29. The Labute approximate surface area is 283 Å². The molecule has 0 fully saturated rings. The predicted octanol–water partition coefficient (Wildman–Crippen LogP) is 9.40. The van der Waals surface area contributed by atoms with Crippen LogP contribution in [-0.2, 0) is 39.1 Å². The zero-order valence-electron chi connectivity index (χ0n) is 28.7. The number of aryl methyl sites for hydroxylation is 4. The number of carbonyl (C=O) groups is 4. The van der Waals surface area contributed by atoms with E-state index in [-0.39, 0.29) is 13.2 Å². The summed E-state index contributed by atoms with van der Waals surface area (Å²) in [5.74, 6) is -1.52. The van der Waals surface area contributed by atoms with Gasteiger partial charge in [0.05, 0.1) is 34.4 Å². The van der Waals surface area contributed by atoms with Crippen molar-refractivity contribution < 1.29 is 58.3 Å². The summed E-state index contributed by atoms with van der Waals surface area (Å²) in [6, 6.07) is 10.4. The van der Waals surface area contributed by atoms with E-state index in [4.69, 9.17) is 9.47 Å². The SMILES string of the molecule is Cc1ccc(C(=O)OOOC(=O)OCCCCCCCCCCCCCCCCOC(=O)OOOC(=O)c2ccc(C)cc2C)c(C)c1. The largest absolute Gasteiger partial charge is 0.543 e. The van der Waals surface area contributed by atoms with Crippen LogP contribution >= 0.6 is 0 Å². The fourth-order valence-corrected chi connectivity index (χ4v) is 5.01. The molecule has 2 rings (SSSR count). The molecule has 2 aromatic rings. The van der Waals surface area contributed by atoms with Gasteiger partial charge < -0.3 is 9.47 Å². The van der Waals surface area contributed by atoms with Crippen LogP contribution in [0.4, 0.5) is 9.59 Å². The van der Waals surface area contributed by atoms with E-state index in [0.717, 1.165) is 60.8 Å². The molecule has 0 atom stereocenters. The van der Waals surface area contributed by atoms with Gasteiger partial charge in [0.15, 0.2) is 0 Å². The molecule has 0 aromatic heterocycles. The predicted molar refractivity (Wildman–Crippen MR) is 174 cm³/mol. The Bertz CT molecular complexity index is 1180. The molecule has 0 unspecified atom stereocenters. The summed E-state index contributed by atoms with van der Waals surface area (Å²) in [7, 11) is 0. The van der Waals surface area contributed by atoms with E-state index in [1.54, 1.807) is 38.1 Å². The van der Waals surface area contributed by atoms with Gasteiger partial charge in [0.25, 0.3) is 0 Å². The van der Waals surface area contributed by atoms with Crippen molar-refractivity contribution in [3.63, 3.8) is 0 Å². The Morgan fingerprint density at radius 2 is 0.750 bits per heavy atom. The minimum absolute atomic E-state index is 0.204. The number of hydrogen-bond acceptors (Lipinski definition) is 12. The van der Waals surface area contributed by atoms with Crippen LogP contribution in [0, 0.1) is 27.7 Å². The van der Waals surface area contributed by atoms with Gasteiger partial charge in [-0.25, -0.2) is 29.0 Å². The van der Waals surface area contributed by atoms with Gasteiger partial charge in [-0.2, -0.15) is 0 Å². The van der Waals surface area contributed by atoms with Gasteiger partial charge >= 0.3 is 24.2 Å². The molecule has 0 bridgehead atoms. The number of unbranched alkanes of at least 4 members (excludes halogenated alkanes) is 13. The van der Waals surface area contributed by atoms with Crippen molar-refractivity contribution in [2.45, 2.75) is 118 Å². The summed E-state index contributed by atoms with van der Waals surface area (Å²) in [5, 5.41) is 8.52. The fraction of sp³-hybridized carbons (Fsp3) is 0.556. The molecule has 0 saturated heterocycles. The standard InChI is InChI=1S/C36H50O12/c1-27-19-21-31(29(3)25-27)33(37)43-47-45-35(39)41-23-17-15-13-11-9-7-5-6-8-10-12-14-16-18-24-42-36(40)46-48-44-34(38)32-22-20-28(2)26-30(32)4/h19-22,25-26H,5-18,23-24H2,1-4H3. The molecule has 0 spiro atoms. The second kappa shape index (κ2) is 24.1. The maximum atomic E-state index is 12.0. The molecule has 12 nitrogen and oxygen atoms in total. The molecule has 0 radical (unpaired) electrons. The van der Waals surface area contributed by atoms with E-state index in [0.29, 0.717) is 24.0 Å². The first-order valence-corrected chi connectivity index (χ1v) is 16.8. The summed E-state index contributed by atoms with van der Waals surface area (Å²) in [6.45, 7) is 7.77. The lowest BCUT2D eigenvalue weighted by atomic mass is 10.0. The zero-order valence-corrected chi connectivity index (χ0v) is 28.7. The van der Waals surface area contributed by atoms with Gasteiger partial charge in [-0.15, -0.1) is 0 Å². The summed E-state index contributed by atoms with van der Waals surface area (Å²) in [4.78, 5) is 64.7. The Morgan fingerprint density at radius 3 is 1.06 bits per heavy atom. The first-order valence-electron chi connectivity index (χ1n) is 16.8. The molecule has 0 amide bonds. The van der Waals surface area contributed by atoms with Gasteiger partial charge in [0.1, 0.15) is 0 Å². The highest BCUT2D eigenvalue weighted by Gasteiger charge is 2.15. The molecule has 48 heavy (non-hydrogen) atoms. The molecule has 0 aliphatic rings. The summed E-state index contributed by atoms with van der Waals surface area (Å²) in [5.41, 5.74) is 4.11. The first kappa shape index (κ1) is 40.0. The van der Waals surface area contributed by atoms with Crippen LogP contribution < -0.4 is 0 Å². The van der Waals surface area contributed by atoms with Crippen molar-refractivity contribution in [1.82, 2.24) is 0 Å². The fourth-order valence-electron chi connectivity index (χ4n) is 5.01. The molecule has 0 N–H and O–H groups in total. The van der Waals surface area contributed by atoms with Gasteiger partial charge in [0, 0.05) is 0 Å². The summed E-state index contributed by atoms with van der Waals surface area (Å²) >= 11 is 0. The van der Waals surface area contributed by atoms with Crippen LogP contribution in [-0.4, -0.2) is 37.5 Å². The monoisotopic (exact) mass is 674 g/mol. The topological polar surface area (TPSA) is 142 Å². The number of hydrogen-bond donors (Lipinski definition) is 0. The van der Waals surface area contributed by atoms with Gasteiger partial charge in [-0.3, -0.25) is 9.78 Å². The van der Waals surface area contributed by atoms with Crippen molar-refractivity contribution in [2.75, 3.05) is 13.2 Å². The maximum Gasteiger partial charge on any atom is 0.543 e. The second-order valence-corrected chi connectivity index (χ2v) is 11.8. The van der Waals surface area contributed by atoms with Crippen molar-refractivity contribution in [1.29, 1.82) is 0 Å². The van der Waals surface area contributed by atoms with Crippen molar-refractivity contribution in [2.24, 2.45) is 0 Å². The van der Waals surface area contributed by atoms with Crippen LogP contribution in [0.2, 0.25) is 0 Å². The first-order chi connectivity index (χ1) is 23.2. The van der Waals surface area contributed by atoms with Crippen LogP contribution in [0.1, 0.15) is 133 Å². The van der Waals surface area contributed by atoms with Crippen LogP contribution in [0.15, 0.2) is 36.4 Å². The molecule has 0 heterocycles. The molecule has 12 heteroatoms. The molecule has 0 saturated carbocycles. The van der Waals surface area contributed by atoms with E-state index in [9.17, 15) is 19.2 Å². The summed E-state index contributed by atoms with van der Waals surface area (Å²) in [6.07, 6.45) is 12.9. The van der Waals surface area contributed by atoms with Crippen LogP contribution in [0.25, 0.3) is 0 Å². The lowest BCUT2D eigenvalue weighted by molar-refractivity contribution is -0.452. The van der Waals surface area contributed by atoms with Gasteiger partial charge in [0.2, 0.25) is 0 Å². The molecular weight excluding hydrogens is 624 g/mol. The van der Waals surface area contributed by atoms with E-state index >= 15 is 0 Å². The van der Waals surface area contributed by atoms with Crippen LogP contribution in [0.3, 0.4) is 0 Å². The normalized spacial score (nSPS) is 10.7. The van der Waals surface area contributed by atoms with Crippen LogP contribution in [0.5, 0.6) is 0 Å². The van der Waals surface area contributed by atoms with Gasteiger partial charge in [-0.05, 0) is 63.8 Å².